The Morgan fingerprint density at radius 1 is 1.33 bits per heavy atom. The number of halogens is 1. The molecule has 24 heavy (non-hydrogen) atoms. The van der Waals surface area contributed by atoms with E-state index in [1.807, 2.05) is 0 Å². The Morgan fingerprint density at radius 2 is 1.96 bits per heavy atom. The van der Waals surface area contributed by atoms with Crippen molar-refractivity contribution < 1.29 is 22.4 Å². The second-order valence-electron chi connectivity index (χ2n) is 5.70. The smallest absolute Gasteiger partial charge is 0.243 e. The Labute approximate surface area is 140 Å². The number of hydrogen-bond acceptors (Lipinski definition) is 4. The van der Waals surface area contributed by atoms with E-state index in [9.17, 15) is 22.4 Å². The van der Waals surface area contributed by atoms with Crippen molar-refractivity contribution in [2.45, 2.75) is 30.2 Å². The topological polar surface area (TPSA) is 101 Å². The molecule has 0 unspecified atom stereocenters. The van der Waals surface area contributed by atoms with Gasteiger partial charge in [-0.25, -0.2) is 12.8 Å². The molecule has 1 aromatic carbocycles. The molecule has 2 N–H and O–H groups in total. The highest BCUT2D eigenvalue weighted by Gasteiger charge is 2.40. The van der Waals surface area contributed by atoms with Crippen LogP contribution in [0.15, 0.2) is 29.2 Å². The van der Waals surface area contributed by atoms with Crippen LogP contribution < -0.4 is 5.73 Å². The van der Waals surface area contributed by atoms with Crippen LogP contribution >= 0.6 is 0 Å². The minimum atomic E-state index is -3.89. The number of carbonyl (C=O) groups excluding carboxylic acids is 2. The maximum Gasteiger partial charge on any atom is 0.243 e. The lowest BCUT2D eigenvalue weighted by Gasteiger charge is -2.27. The molecular weight excluding hydrogens is 337 g/mol. The molecule has 1 heterocycles. The summed E-state index contributed by atoms with van der Waals surface area (Å²) in [6.45, 7) is 0.356. The molecule has 1 fully saturated rings. The number of sulfonamides is 1. The minimum Gasteiger partial charge on any atom is -0.370 e. The van der Waals surface area contributed by atoms with E-state index in [4.69, 9.17) is 5.73 Å². The largest absolute Gasteiger partial charge is 0.370 e. The lowest BCUT2D eigenvalue weighted by Crippen LogP contribution is -2.47. The lowest BCUT2D eigenvalue weighted by molar-refractivity contribution is -0.133. The van der Waals surface area contributed by atoms with Crippen molar-refractivity contribution in [3.05, 3.63) is 30.1 Å². The fourth-order valence-corrected chi connectivity index (χ4v) is 4.31. The quantitative estimate of drug-likeness (QED) is 0.792. The molecule has 1 aliphatic rings. The third-order valence-corrected chi connectivity index (χ3v) is 5.90. The number of hydrogen-bond donors (Lipinski definition) is 1. The van der Waals surface area contributed by atoms with Gasteiger partial charge in [-0.15, -0.1) is 0 Å². The second-order valence-corrected chi connectivity index (χ2v) is 7.59. The van der Waals surface area contributed by atoms with Gasteiger partial charge in [0, 0.05) is 26.6 Å². The monoisotopic (exact) mass is 357 g/mol. The van der Waals surface area contributed by atoms with Crippen molar-refractivity contribution in [2.24, 2.45) is 5.73 Å². The first-order valence-corrected chi connectivity index (χ1v) is 8.98. The second kappa shape index (κ2) is 7.27. The van der Waals surface area contributed by atoms with Crippen molar-refractivity contribution in [3.63, 3.8) is 0 Å². The molecule has 0 spiro atoms. The average molecular weight is 357 g/mol. The van der Waals surface area contributed by atoms with Crippen LogP contribution in [-0.2, 0) is 19.6 Å². The molecule has 1 aliphatic heterocycles. The van der Waals surface area contributed by atoms with Crippen molar-refractivity contribution in [1.29, 1.82) is 0 Å². The Bertz CT molecular complexity index is 721. The van der Waals surface area contributed by atoms with Crippen LogP contribution in [0.1, 0.15) is 19.3 Å². The van der Waals surface area contributed by atoms with Crippen molar-refractivity contribution in [1.82, 2.24) is 9.21 Å². The standard InChI is InChI=1S/C15H20FN3O4S/c1-18(10-8-14(17)20)15(21)13-3-2-9-19(13)24(22,23)12-6-4-11(16)5-7-12/h4-7,13H,2-3,8-10H2,1H3,(H2,17,20)/t13-/m0/s1. The van der Waals surface area contributed by atoms with Gasteiger partial charge in [0.15, 0.2) is 0 Å². The molecular formula is C15H20FN3O4S. The van der Waals surface area contributed by atoms with Gasteiger partial charge in [-0.2, -0.15) is 4.31 Å². The van der Waals surface area contributed by atoms with Crippen LogP contribution in [0, 0.1) is 5.82 Å². The molecule has 2 rings (SSSR count). The van der Waals surface area contributed by atoms with Gasteiger partial charge >= 0.3 is 0 Å². The van der Waals surface area contributed by atoms with E-state index in [0.717, 1.165) is 16.4 Å². The number of benzene rings is 1. The van der Waals surface area contributed by atoms with Crippen molar-refractivity contribution in [2.75, 3.05) is 20.1 Å². The van der Waals surface area contributed by atoms with E-state index in [-0.39, 0.29) is 30.3 Å². The maximum atomic E-state index is 13.0. The first kappa shape index (κ1) is 18.3. The van der Waals surface area contributed by atoms with Gasteiger partial charge < -0.3 is 10.6 Å². The highest BCUT2D eigenvalue weighted by atomic mass is 32.2. The van der Waals surface area contributed by atoms with Crippen LogP contribution in [0.4, 0.5) is 4.39 Å². The fraction of sp³-hybridized carbons (Fsp3) is 0.467. The molecule has 1 aromatic rings. The van der Waals surface area contributed by atoms with Gasteiger partial charge in [0.2, 0.25) is 21.8 Å². The zero-order valence-electron chi connectivity index (χ0n) is 13.3. The molecule has 132 valence electrons. The van der Waals surface area contributed by atoms with E-state index < -0.39 is 27.8 Å². The Balaban J connectivity index is 2.18. The number of likely N-dealkylation sites (N-methyl/N-ethyl adjacent to an activating group) is 1. The normalized spacial score (nSPS) is 18.5. The first-order valence-electron chi connectivity index (χ1n) is 7.54. The number of rotatable bonds is 6. The lowest BCUT2D eigenvalue weighted by atomic mass is 10.2. The average Bonchev–Trinajstić information content (AvgIpc) is 3.02. The summed E-state index contributed by atoms with van der Waals surface area (Å²) < 4.78 is 39.6. The summed E-state index contributed by atoms with van der Waals surface area (Å²) >= 11 is 0. The summed E-state index contributed by atoms with van der Waals surface area (Å²) in [7, 11) is -2.38. The molecule has 7 nitrogen and oxygen atoms in total. The molecule has 0 aromatic heterocycles. The molecule has 0 aliphatic carbocycles. The number of primary amides is 1. The summed E-state index contributed by atoms with van der Waals surface area (Å²) in [5.74, 6) is -1.44. The number of carbonyl (C=O) groups is 2. The van der Waals surface area contributed by atoms with Gasteiger partial charge in [0.1, 0.15) is 11.9 Å². The zero-order valence-corrected chi connectivity index (χ0v) is 14.1. The first-order chi connectivity index (χ1) is 11.2. The summed E-state index contributed by atoms with van der Waals surface area (Å²) in [5.41, 5.74) is 5.07. The summed E-state index contributed by atoms with van der Waals surface area (Å²) in [5, 5.41) is 0. The van der Waals surface area contributed by atoms with Gasteiger partial charge in [-0.3, -0.25) is 9.59 Å². The van der Waals surface area contributed by atoms with Gasteiger partial charge in [-0.05, 0) is 37.1 Å². The molecule has 1 atom stereocenters. The van der Waals surface area contributed by atoms with Crippen LogP contribution in [0.3, 0.4) is 0 Å². The highest BCUT2D eigenvalue weighted by Crippen LogP contribution is 2.27. The highest BCUT2D eigenvalue weighted by molar-refractivity contribution is 7.89. The van der Waals surface area contributed by atoms with Crippen LogP contribution in [0.2, 0.25) is 0 Å². The maximum absolute atomic E-state index is 13.0. The Morgan fingerprint density at radius 3 is 2.54 bits per heavy atom. The van der Waals surface area contributed by atoms with Crippen molar-refractivity contribution >= 4 is 21.8 Å². The SMILES string of the molecule is CN(CCC(N)=O)C(=O)[C@@H]1CCCN1S(=O)(=O)c1ccc(F)cc1. The van der Waals surface area contributed by atoms with E-state index in [1.165, 1.54) is 24.1 Å². The molecule has 0 bridgehead atoms. The van der Waals surface area contributed by atoms with Gasteiger partial charge in [-0.1, -0.05) is 0 Å². The zero-order chi connectivity index (χ0) is 17.9. The van der Waals surface area contributed by atoms with Gasteiger partial charge in [0.25, 0.3) is 0 Å². The Kier molecular flexibility index (Phi) is 5.55. The van der Waals surface area contributed by atoms with E-state index >= 15 is 0 Å². The van der Waals surface area contributed by atoms with Crippen LogP contribution in [0.5, 0.6) is 0 Å². The summed E-state index contributed by atoms with van der Waals surface area (Å²) in [4.78, 5) is 24.6. The van der Waals surface area contributed by atoms with Crippen molar-refractivity contribution in [3.8, 4) is 0 Å². The number of nitrogens with zero attached hydrogens (tertiary/aromatic N) is 2. The van der Waals surface area contributed by atoms with Crippen LogP contribution in [0.25, 0.3) is 0 Å². The number of amides is 2. The molecule has 0 saturated carbocycles. The summed E-state index contributed by atoms with van der Waals surface area (Å²) in [6, 6.07) is 3.68. The molecule has 2 amide bonds. The van der Waals surface area contributed by atoms with Crippen LogP contribution in [-0.4, -0.2) is 55.6 Å². The molecule has 9 heteroatoms. The third-order valence-electron chi connectivity index (χ3n) is 3.98. The third kappa shape index (κ3) is 3.90. The van der Waals surface area contributed by atoms with E-state index in [0.29, 0.717) is 12.8 Å². The van der Waals surface area contributed by atoms with E-state index in [1.54, 1.807) is 0 Å². The predicted molar refractivity (Wildman–Crippen MR) is 84.8 cm³/mol. The Hall–Kier alpha value is -2.00. The number of nitrogens with two attached hydrogens (primary N) is 1. The predicted octanol–water partition coefficient (Wildman–Crippen LogP) is 0.313. The molecule has 1 saturated heterocycles. The molecule has 0 radical (unpaired) electrons. The van der Waals surface area contributed by atoms with Gasteiger partial charge in [0.05, 0.1) is 4.90 Å². The minimum absolute atomic E-state index is 0.0136. The van der Waals surface area contributed by atoms with E-state index in [2.05, 4.69) is 0 Å². The fourth-order valence-electron chi connectivity index (χ4n) is 2.66. The summed E-state index contributed by atoms with van der Waals surface area (Å²) in [6.07, 6.45) is 0.973.